The Kier molecular flexibility index (Phi) is 6.18. The molecule has 0 spiro atoms. The summed E-state index contributed by atoms with van der Waals surface area (Å²) in [6.45, 7) is 2.60. The van der Waals surface area contributed by atoms with Crippen LogP contribution in [-0.4, -0.2) is 22.7 Å². The summed E-state index contributed by atoms with van der Waals surface area (Å²) in [6.07, 6.45) is 1.08. The number of carboxylic acid groups (broad SMARTS) is 1. The van der Waals surface area contributed by atoms with E-state index in [1.54, 1.807) is 17.0 Å². The number of carbonyl (C=O) groups is 1. The highest BCUT2D eigenvalue weighted by molar-refractivity contribution is 9.10. The van der Waals surface area contributed by atoms with Crippen molar-refractivity contribution in [2.45, 2.75) is 18.4 Å². The smallest absolute Gasteiger partial charge is 0.329 e. The molecular weight excluding hydrogens is 453 g/mol. The first-order chi connectivity index (χ1) is 12.9. The number of nitrogens with zero attached hydrogens (tertiary/aromatic N) is 1. The minimum atomic E-state index is -1.08. The second-order valence-corrected chi connectivity index (χ2v) is 8.02. The first-order valence-corrected chi connectivity index (χ1v) is 10.1. The van der Waals surface area contributed by atoms with Gasteiger partial charge in [-0.1, -0.05) is 46.0 Å². The molecule has 0 saturated carbocycles. The number of thioether (sulfide) groups is 1. The molecule has 0 amide bonds. The van der Waals surface area contributed by atoms with E-state index in [4.69, 9.17) is 22.1 Å². The molecule has 27 heavy (non-hydrogen) atoms. The highest BCUT2D eigenvalue weighted by Gasteiger charge is 2.28. The Morgan fingerprint density at radius 2 is 2.15 bits per heavy atom. The van der Waals surface area contributed by atoms with Crippen LogP contribution in [0, 0.1) is 5.82 Å². The number of thiocarbonyl (C=S) groups is 1. The summed E-state index contributed by atoms with van der Waals surface area (Å²) < 4.78 is 20.5. The summed E-state index contributed by atoms with van der Waals surface area (Å²) in [4.78, 5) is 14.5. The number of carboxylic acids is 1. The molecule has 0 radical (unpaired) electrons. The molecule has 2 aromatic rings. The molecule has 2 aromatic carbocycles. The van der Waals surface area contributed by atoms with Crippen molar-refractivity contribution in [2.75, 3.05) is 11.5 Å². The summed E-state index contributed by atoms with van der Waals surface area (Å²) in [7, 11) is 0. The van der Waals surface area contributed by atoms with Crippen molar-refractivity contribution < 1.29 is 19.0 Å². The maximum Gasteiger partial charge on any atom is 0.329 e. The van der Waals surface area contributed by atoms with Gasteiger partial charge in [0.05, 0.1) is 23.7 Å². The van der Waals surface area contributed by atoms with E-state index in [2.05, 4.69) is 15.9 Å². The molecule has 0 aromatic heterocycles. The average molecular weight is 468 g/mol. The van der Waals surface area contributed by atoms with Crippen LogP contribution in [0.5, 0.6) is 5.75 Å². The largest absolute Gasteiger partial charge is 0.494 e. The van der Waals surface area contributed by atoms with Gasteiger partial charge in [-0.3, -0.25) is 0 Å². The van der Waals surface area contributed by atoms with Crippen LogP contribution in [0.2, 0.25) is 0 Å². The maximum absolute atomic E-state index is 14.3. The third-order valence-electron chi connectivity index (χ3n) is 3.81. The van der Waals surface area contributed by atoms with Gasteiger partial charge < -0.3 is 14.7 Å². The zero-order chi connectivity index (χ0) is 19.6. The van der Waals surface area contributed by atoms with Crippen molar-refractivity contribution in [1.29, 1.82) is 0 Å². The van der Waals surface area contributed by atoms with E-state index in [1.165, 1.54) is 17.8 Å². The van der Waals surface area contributed by atoms with Crippen LogP contribution >= 0.6 is 39.9 Å². The van der Waals surface area contributed by atoms with E-state index in [9.17, 15) is 9.18 Å². The van der Waals surface area contributed by atoms with Crippen LogP contribution < -0.4 is 9.64 Å². The van der Waals surface area contributed by atoms with E-state index in [0.29, 0.717) is 32.3 Å². The molecule has 1 heterocycles. The molecule has 0 bridgehead atoms. The van der Waals surface area contributed by atoms with Gasteiger partial charge in [0.1, 0.15) is 16.6 Å². The monoisotopic (exact) mass is 467 g/mol. The number of benzene rings is 2. The van der Waals surface area contributed by atoms with Crippen molar-refractivity contribution in [2.24, 2.45) is 0 Å². The van der Waals surface area contributed by atoms with Gasteiger partial charge in [0.25, 0.3) is 0 Å². The van der Waals surface area contributed by atoms with E-state index in [0.717, 1.165) is 16.7 Å². The zero-order valence-corrected chi connectivity index (χ0v) is 17.5. The minimum Gasteiger partial charge on any atom is -0.494 e. The second-order valence-electron chi connectivity index (χ2n) is 5.64. The Bertz CT molecular complexity index is 949. The summed E-state index contributed by atoms with van der Waals surface area (Å²) in [5.74, 6) is -0.762. The van der Waals surface area contributed by atoms with Gasteiger partial charge in [-0.05, 0) is 37.3 Å². The molecule has 1 N–H and O–H groups in total. The van der Waals surface area contributed by atoms with Gasteiger partial charge >= 0.3 is 5.97 Å². The molecule has 0 atom stereocenters. The zero-order valence-electron chi connectivity index (χ0n) is 14.2. The fourth-order valence-corrected chi connectivity index (χ4v) is 4.37. The summed E-state index contributed by atoms with van der Waals surface area (Å²) in [5.41, 5.74) is 1.25. The predicted molar refractivity (Wildman–Crippen MR) is 112 cm³/mol. The summed E-state index contributed by atoms with van der Waals surface area (Å²) in [5, 5.41) is 9.16. The Hall–Kier alpha value is -1.90. The highest BCUT2D eigenvalue weighted by atomic mass is 79.9. The number of aliphatic carboxylic acids is 1. The number of anilines is 1. The second kappa shape index (κ2) is 8.41. The molecule has 3 rings (SSSR count). The molecule has 0 fully saturated rings. The first kappa shape index (κ1) is 19.9. The van der Waals surface area contributed by atoms with Gasteiger partial charge in [-0.2, -0.15) is 0 Å². The maximum atomic E-state index is 14.3. The lowest BCUT2D eigenvalue weighted by Crippen LogP contribution is -2.33. The lowest BCUT2D eigenvalue weighted by Gasteiger charge is -2.33. The van der Waals surface area contributed by atoms with Crippen LogP contribution in [0.25, 0.3) is 0 Å². The molecule has 1 aliphatic heterocycles. The van der Waals surface area contributed by atoms with Crippen molar-refractivity contribution in [3.63, 3.8) is 0 Å². The lowest BCUT2D eigenvalue weighted by molar-refractivity contribution is -0.131. The molecule has 140 valence electrons. The fraction of sp³-hybridized carbons (Fsp3) is 0.158. The van der Waals surface area contributed by atoms with Gasteiger partial charge in [0, 0.05) is 21.0 Å². The van der Waals surface area contributed by atoms with Gasteiger partial charge in [0.2, 0.25) is 0 Å². The topological polar surface area (TPSA) is 49.8 Å². The first-order valence-electron chi connectivity index (χ1n) is 8.04. The van der Waals surface area contributed by atoms with Gasteiger partial charge in [0.15, 0.2) is 0 Å². The lowest BCUT2D eigenvalue weighted by atomic mass is 10.1. The molecule has 8 heteroatoms. The quantitative estimate of drug-likeness (QED) is 0.469. The Balaban J connectivity index is 2.05. The number of ether oxygens (including phenoxy) is 1. The van der Waals surface area contributed by atoms with E-state index >= 15 is 0 Å². The standard InChI is InChI=1S/C19H15BrFNO3S2/c1-2-25-13-5-6-15-16(8-13)27-17(9-18(23)24)19(26)22(15)10-11-3-4-12(20)7-14(11)21/h3-9H,2,10H2,1H3,(H,23,24)/b17-9-. The number of fused-ring (bicyclic) bond motifs is 1. The Morgan fingerprint density at radius 3 is 2.81 bits per heavy atom. The number of hydrogen-bond donors (Lipinski definition) is 1. The highest BCUT2D eigenvalue weighted by Crippen LogP contribution is 2.44. The predicted octanol–water partition coefficient (Wildman–Crippen LogP) is 5.40. The summed E-state index contributed by atoms with van der Waals surface area (Å²) in [6, 6.07) is 10.3. The molecule has 1 aliphatic rings. The van der Waals surface area contributed by atoms with Crippen molar-refractivity contribution in [3.8, 4) is 5.75 Å². The van der Waals surface area contributed by atoms with E-state index in [-0.39, 0.29) is 12.4 Å². The molecule has 0 saturated heterocycles. The van der Waals surface area contributed by atoms with Crippen LogP contribution in [0.15, 0.2) is 56.7 Å². The number of hydrogen-bond acceptors (Lipinski definition) is 4. The third-order valence-corrected chi connectivity index (χ3v) is 5.95. The van der Waals surface area contributed by atoms with Crippen LogP contribution in [0.3, 0.4) is 0 Å². The van der Waals surface area contributed by atoms with Gasteiger partial charge in [-0.15, -0.1) is 0 Å². The van der Waals surface area contributed by atoms with Crippen molar-refractivity contribution in [1.82, 2.24) is 0 Å². The average Bonchev–Trinajstić information content (AvgIpc) is 2.60. The van der Waals surface area contributed by atoms with E-state index < -0.39 is 5.97 Å². The van der Waals surface area contributed by atoms with Crippen LogP contribution in [0.1, 0.15) is 12.5 Å². The third kappa shape index (κ3) is 4.51. The summed E-state index contributed by atoms with van der Waals surface area (Å²) >= 11 is 10.0. The van der Waals surface area contributed by atoms with Gasteiger partial charge in [-0.25, -0.2) is 9.18 Å². The molecule has 0 unspecified atom stereocenters. The minimum absolute atomic E-state index is 0.191. The SMILES string of the molecule is CCOc1ccc2c(c1)S/C(=C\C(=O)O)C(=S)N2Cc1ccc(Br)cc1F. The van der Waals surface area contributed by atoms with Crippen molar-refractivity contribution >= 4 is 56.6 Å². The Morgan fingerprint density at radius 1 is 1.37 bits per heavy atom. The molecule has 0 aliphatic carbocycles. The Labute approximate surface area is 174 Å². The number of halogens is 2. The molecular formula is C19H15BrFNO3S2. The number of rotatable bonds is 5. The normalized spacial score (nSPS) is 15.0. The van der Waals surface area contributed by atoms with E-state index in [1.807, 2.05) is 25.1 Å². The van der Waals surface area contributed by atoms with Crippen LogP contribution in [-0.2, 0) is 11.3 Å². The van der Waals surface area contributed by atoms with Crippen LogP contribution in [0.4, 0.5) is 10.1 Å². The van der Waals surface area contributed by atoms with Crippen molar-refractivity contribution in [3.05, 3.63) is 63.2 Å². The molecule has 4 nitrogen and oxygen atoms in total. The fourth-order valence-electron chi connectivity index (χ4n) is 2.64.